The Morgan fingerprint density at radius 3 is 2.38 bits per heavy atom. The topological polar surface area (TPSA) is 32.3 Å². The lowest BCUT2D eigenvalue weighted by molar-refractivity contribution is 0.0865. The Bertz CT molecular complexity index is 479. The number of carbonyl (C=O) groups excluding carboxylic acids is 1. The normalized spacial score (nSPS) is 18.3. The molecule has 0 aromatic heterocycles. The number of carbonyl (C=O) groups is 1. The maximum Gasteiger partial charge on any atom is 0.254 e. The number of hydrogen-bond acceptors (Lipinski definition) is 2. The van der Waals surface area contributed by atoms with Gasteiger partial charge in [-0.1, -0.05) is 37.8 Å². The molecule has 0 atom stereocenters. The van der Waals surface area contributed by atoms with Crippen molar-refractivity contribution in [3.05, 3.63) is 35.6 Å². The second kappa shape index (κ2) is 7.03. The summed E-state index contributed by atoms with van der Waals surface area (Å²) in [4.78, 5) is 14.4. The Hall–Kier alpha value is -1.42. The third kappa shape index (κ3) is 3.82. The zero-order chi connectivity index (χ0) is 15.3. The van der Waals surface area contributed by atoms with Crippen molar-refractivity contribution in [1.29, 1.82) is 0 Å². The number of amides is 1. The lowest BCUT2D eigenvalue weighted by Gasteiger charge is -2.39. The van der Waals surface area contributed by atoms with Crippen LogP contribution in [0.3, 0.4) is 0 Å². The van der Waals surface area contributed by atoms with Gasteiger partial charge in [0, 0.05) is 12.1 Å². The lowest BCUT2D eigenvalue weighted by atomic mass is 9.88. The van der Waals surface area contributed by atoms with Gasteiger partial charge >= 0.3 is 0 Å². The molecule has 1 aliphatic carbocycles. The van der Waals surface area contributed by atoms with Crippen LogP contribution in [0, 0.1) is 5.82 Å². The Balaban J connectivity index is 2.05. The van der Waals surface area contributed by atoms with E-state index < -0.39 is 5.82 Å². The predicted molar refractivity (Wildman–Crippen MR) is 82.9 cm³/mol. The van der Waals surface area contributed by atoms with Gasteiger partial charge in [-0.05, 0) is 39.1 Å². The molecule has 3 nitrogen and oxygen atoms in total. The van der Waals surface area contributed by atoms with Crippen LogP contribution in [-0.2, 0) is 0 Å². The van der Waals surface area contributed by atoms with Gasteiger partial charge in [-0.15, -0.1) is 0 Å². The van der Waals surface area contributed by atoms with Crippen LogP contribution in [0.25, 0.3) is 0 Å². The van der Waals surface area contributed by atoms with Gasteiger partial charge in [0.05, 0.1) is 5.56 Å². The van der Waals surface area contributed by atoms with Crippen molar-refractivity contribution in [2.24, 2.45) is 0 Å². The summed E-state index contributed by atoms with van der Waals surface area (Å²) in [7, 11) is 4.14. The van der Waals surface area contributed by atoms with Crippen molar-refractivity contribution in [2.45, 2.75) is 44.1 Å². The molecule has 0 bridgehead atoms. The number of nitrogens with zero attached hydrogens (tertiary/aromatic N) is 1. The first kappa shape index (κ1) is 16.0. The average Bonchev–Trinajstić information content (AvgIpc) is 2.72. The van der Waals surface area contributed by atoms with Gasteiger partial charge in [-0.3, -0.25) is 4.79 Å². The second-order valence-corrected chi connectivity index (χ2v) is 6.20. The van der Waals surface area contributed by atoms with E-state index in [9.17, 15) is 9.18 Å². The fraction of sp³-hybridized carbons (Fsp3) is 0.588. The number of rotatable bonds is 4. The van der Waals surface area contributed by atoms with E-state index in [1.807, 2.05) is 0 Å². The van der Waals surface area contributed by atoms with E-state index in [0.29, 0.717) is 6.54 Å². The molecule has 1 aromatic carbocycles. The van der Waals surface area contributed by atoms with Crippen LogP contribution in [0.4, 0.5) is 4.39 Å². The van der Waals surface area contributed by atoms with Gasteiger partial charge in [0.15, 0.2) is 0 Å². The minimum Gasteiger partial charge on any atom is -0.350 e. The summed E-state index contributed by atoms with van der Waals surface area (Å²) >= 11 is 0. The Morgan fingerprint density at radius 2 is 1.81 bits per heavy atom. The molecule has 1 N–H and O–H groups in total. The number of likely N-dealkylation sites (N-methyl/N-ethyl adjacent to an activating group) is 1. The van der Waals surface area contributed by atoms with Crippen molar-refractivity contribution in [3.63, 3.8) is 0 Å². The first-order valence-electron chi connectivity index (χ1n) is 7.75. The Labute approximate surface area is 126 Å². The highest BCUT2D eigenvalue weighted by atomic mass is 19.1. The molecule has 0 aliphatic heterocycles. The van der Waals surface area contributed by atoms with Crippen LogP contribution in [0.5, 0.6) is 0 Å². The van der Waals surface area contributed by atoms with Crippen molar-refractivity contribution in [3.8, 4) is 0 Å². The highest BCUT2D eigenvalue weighted by Crippen LogP contribution is 2.30. The molecule has 4 heteroatoms. The molecule has 1 aliphatic rings. The highest BCUT2D eigenvalue weighted by Gasteiger charge is 2.33. The quantitative estimate of drug-likeness (QED) is 0.864. The van der Waals surface area contributed by atoms with Gasteiger partial charge in [-0.2, -0.15) is 0 Å². The standard InChI is InChI=1S/C17H25FN2O/c1-20(2)17(11-7-3-4-8-12-17)13-19-16(21)14-9-5-6-10-15(14)18/h5-6,9-10H,3-4,7-8,11-13H2,1-2H3,(H,19,21). The summed E-state index contributed by atoms with van der Waals surface area (Å²) in [5, 5.41) is 2.94. The molecule has 116 valence electrons. The lowest BCUT2D eigenvalue weighted by Crippen LogP contribution is -2.52. The molecule has 1 fully saturated rings. The fourth-order valence-corrected chi connectivity index (χ4v) is 3.15. The van der Waals surface area contributed by atoms with E-state index in [-0.39, 0.29) is 17.0 Å². The van der Waals surface area contributed by atoms with E-state index in [4.69, 9.17) is 0 Å². The Kier molecular flexibility index (Phi) is 5.34. The number of halogens is 1. The maximum absolute atomic E-state index is 13.7. The summed E-state index contributed by atoms with van der Waals surface area (Å²) < 4.78 is 13.7. The molecule has 1 amide bonds. The largest absolute Gasteiger partial charge is 0.350 e. The third-order valence-corrected chi connectivity index (χ3v) is 4.68. The van der Waals surface area contributed by atoms with Gasteiger partial charge in [0.25, 0.3) is 5.91 Å². The molecule has 0 heterocycles. The summed E-state index contributed by atoms with van der Waals surface area (Å²) in [5.74, 6) is -0.784. The maximum atomic E-state index is 13.7. The number of nitrogens with one attached hydrogen (secondary N) is 1. The third-order valence-electron chi connectivity index (χ3n) is 4.68. The van der Waals surface area contributed by atoms with Crippen LogP contribution >= 0.6 is 0 Å². The molecule has 0 saturated heterocycles. The van der Waals surface area contributed by atoms with E-state index in [2.05, 4.69) is 24.3 Å². The van der Waals surface area contributed by atoms with Crippen LogP contribution in [0.15, 0.2) is 24.3 Å². The average molecular weight is 292 g/mol. The SMILES string of the molecule is CN(C)C1(CNC(=O)c2ccccc2F)CCCCCC1. The van der Waals surface area contributed by atoms with Gasteiger partial charge in [-0.25, -0.2) is 4.39 Å². The van der Waals surface area contributed by atoms with Crippen molar-refractivity contribution in [2.75, 3.05) is 20.6 Å². The molecule has 1 saturated carbocycles. The molecule has 0 unspecified atom stereocenters. The summed E-state index contributed by atoms with van der Waals surface area (Å²) in [5.41, 5.74) is 0.122. The van der Waals surface area contributed by atoms with E-state index in [0.717, 1.165) is 12.8 Å². The van der Waals surface area contributed by atoms with Crippen molar-refractivity contribution in [1.82, 2.24) is 10.2 Å². The first-order chi connectivity index (χ1) is 10.1. The molecule has 2 rings (SSSR count). The van der Waals surface area contributed by atoms with Crippen LogP contribution in [0.1, 0.15) is 48.9 Å². The minimum absolute atomic E-state index is 0.00256. The molecule has 0 radical (unpaired) electrons. The zero-order valence-electron chi connectivity index (χ0n) is 13.0. The number of hydrogen-bond donors (Lipinski definition) is 1. The number of benzene rings is 1. The fourth-order valence-electron chi connectivity index (χ4n) is 3.15. The molecular formula is C17H25FN2O. The predicted octanol–water partition coefficient (Wildman–Crippen LogP) is 3.21. The highest BCUT2D eigenvalue weighted by molar-refractivity contribution is 5.94. The zero-order valence-corrected chi connectivity index (χ0v) is 13.0. The summed E-state index contributed by atoms with van der Waals surface area (Å²) in [6, 6.07) is 6.13. The van der Waals surface area contributed by atoms with E-state index >= 15 is 0 Å². The van der Waals surface area contributed by atoms with Crippen LogP contribution < -0.4 is 5.32 Å². The van der Waals surface area contributed by atoms with E-state index in [1.54, 1.807) is 12.1 Å². The molecule has 1 aromatic rings. The van der Waals surface area contributed by atoms with Crippen LogP contribution in [-0.4, -0.2) is 37.0 Å². The molecular weight excluding hydrogens is 267 g/mol. The molecule has 0 spiro atoms. The van der Waals surface area contributed by atoms with Crippen molar-refractivity contribution < 1.29 is 9.18 Å². The van der Waals surface area contributed by atoms with Gasteiger partial charge in [0.1, 0.15) is 5.82 Å². The summed E-state index contributed by atoms with van der Waals surface area (Å²) in [6.45, 7) is 0.577. The summed E-state index contributed by atoms with van der Waals surface area (Å²) in [6.07, 6.45) is 7.06. The smallest absolute Gasteiger partial charge is 0.254 e. The minimum atomic E-state index is -0.463. The van der Waals surface area contributed by atoms with E-state index in [1.165, 1.54) is 37.8 Å². The van der Waals surface area contributed by atoms with Gasteiger partial charge in [0.2, 0.25) is 0 Å². The van der Waals surface area contributed by atoms with Crippen LogP contribution in [0.2, 0.25) is 0 Å². The monoisotopic (exact) mass is 292 g/mol. The van der Waals surface area contributed by atoms with Gasteiger partial charge < -0.3 is 10.2 Å². The van der Waals surface area contributed by atoms with Crippen molar-refractivity contribution >= 4 is 5.91 Å². The Morgan fingerprint density at radius 1 is 1.19 bits per heavy atom. The second-order valence-electron chi connectivity index (χ2n) is 6.20. The molecule has 21 heavy (non-hydrogen) atoms. The first-order valence-corrected chi connectivity index (χ1v) is 7.75.